The van der Waals surface area contributed by atoms with Crippen LogP contribution in [-0.2, 0) is 21.4 Å². The molecule has 3 N–H and O–H groups in total. The van der Waals surface area contributed by atoms with Gasteiger partial charge in [-0.25, -0.2) is 8.42 Å². The first-order valence-electron chi connectivity index (χ1n) is 9.97. The molecule has 0 aromatic heterocycles. The van der Waals surface area contributed by atoms with Gasteiger partial charge in [0.05, 0.1) is 11.4 Å². The van der Waals surface area contributed by atoms with Crippen LogP contribution >= 0.6 is 0 Å². The summed E-state index contributed by atoms with van der Waals surface area (Å²) >= 11 is 0. The van der Waals surface area contributed by atoms with E-state index in [1.807, 2.05) is 38.1 Å². The summed E-state index contributed by atoms with van der Waals surface area (Å²) in [6, 6.07) is 20.0. The molecule has 0 fully saturated rings. The lowest BCUT2D eigenvalue weighted by Crippen LogP contribution is -2.37. The van der Waals surface area contributed by atoms with E-state index >= 15 is 0 Å². The Morgan fingerprint density at radius 1 is 0.844 bits per heavy atom. The molecule has 0 saturated heterocycles. The number of benzene rings is 3. The molecule has 0 atom stereocenters. The zero-order valence-electron chi connectivity index (χ0n) is 17.9. The van der Waals surface area contributed by atoms with E-state index in [1.165, 1.54) is 36.4 Å². The fraction of sp³-hybridized carbons (Fsp3) is 0.167. The topological polar surface area (TPSA) is 110 Å². The standard InChI is InChI=1S/C24H25N3O4S/c1-17-3-7-19(8-4-17)15-27(32(30,31)22-13-5-18(2)6-14-22)16-23(28)26-21-11-9-20(10-12-21)24(25)29/h3-14H,15-16H2,1-2H3,(H2,25,29)(H,26,28). The molecule has 0 bridgehead atoms. The molecule has 166 valence electrons. The molecular formula is C24H25N3O4S. The van der Waals surface area contributed by atoms with Crippen molar-refractivity contribution in [1.82, 2.24) is 4.31 Å². The summed E-state index contributed by atoms with van der Waals surface area (Å²) in [5.41, 5.74) is 8.73. The van der Waals surface area contributed by atoms with Crippen LogP contribution in [-0.4, -0.2) is 31.1 Å². The normalized spacial score (nSPS) is 11.3. The predicted molar refractivity (Wildman–Crippen MR) is 124 cm³/mol. The van der Waals surface area contributed by atoms with Crippen LogP contribution in [0.3, 0.4) is 0 Å². The van der Waals surface area contributed by atoms with E-state index in [2.05, 4.69) is 5.32 Å². The van der Waals surface area contributed by atoms with Crippen LogP contribution in [0.25, 0.3) is 0 Å². The third kappa shape index (κ3) is 5.81. The summed E-state index contributed by atoms with van der Waals surface area (Å²) in [6.07, 6.45) is 0. The van der Waals surface area contributed by atoms with E-state index in [4.69, 9.17) is 5.73 Å². The van der Waals surface area contributed by atoms with E-state index in [1.54, 1.807) is 12.1 Å². The van der Waals surface area contributed by atoms with Gasteiger partial charge in [0.1, 0.15) is 0 Å². The first-order chi connectivity index (χ1) is 15.1. The number of carbonyl (C=O) groups is 2. The fourth-order valence-corrected chi connectivity index (χ4v) is 4.45. The van der Waals surface area contributed by atoms with Gasteiger partial charge in [-0.3, -0.25) is 9.59 Å². The molecule has 3 aromatic rings. The Morgan fingerprint density at radius 2 is 1.38 bits per heavy atom. The monoisotopic (exact) mass is 451 g/mol. The smallest absolute Gasteiger partial charge is 0.248 e. The van der Waals surface area contributed by atoms with Gasteiger partial charge in [0, 0.05) is 17.8 Å². The first-order valence-corrected chi connectivity index (χ1v) is 11.4. The summed E-state index contributed by atoms with van der Waals surface area (Å²) in [5, 5.41) is 2.67. The van der Waals surface area contributed by atoms with Gasteiger partial charge >= 0.3 is 0 Å². The van der Waals surface area contributed by atoms with Crippen molar-refractivity contribution in [1.29, 1.82) is 0 Å². The second kappa shape index (κ2) is 9.76. The van der Waals surface area contributed by atoms with Crippen LogP contribution < -0.4 is 11.1 Å². The molecule has 3 aromatic carbocycles. The van der Waals surface area contributed by atoms with Crippen molar-refractivity contribution in [2.75, 3.05) is 11.9 Å². The van der Waals surface area contributed by atoms with Gasteiger partial charge < -0.3 is 11.1 Å². The van der Waals surface area contributed by atoms with E-state index < -0.39 is 21.8 Å². The number of nitrogens with one attached hydrogen (secondary N) is 1. The Hall–Kier alpha value is -3.49. The van der Waals surface area contributed by atoms with Crippen molar-refractivity contribution < 1.29 is 18.0 Å². The van der Waals surface area contributed by atoms with Gasteiger partial charge in [0.15, 0.2) is 0 Å². The van der Waals surface area contributed by atoms with Crippen molar-refractivity contribution in [3.8, 4) is 0 Å². The minimum Gasteiger partial charge on any atom is -0.366 e. The minimum atomic E-state index is -3.92. The molecule has 8 heteroatoms. The summed E-state index contributed by atoms with van der Waals surface area (Å²) < 4.78 is 27.8. The van der Waals surface area contributed by atoms with E-state index in [-0.39, 0.29) is 18.0 Å². The average Bonchev–Trinajstić information content (AvgIpc) is 2.75. The lowest BCUT2D eigenvalue weighted by atomic mass is 10.1. The largest absolute Gasteiger partial charge is 0.366 e. The van der Waals surface area contributed by atoms with Crippen LogP contribution in [0.4, 0.5) is 5.69 Å². The van der Waals surface area contributed by atoms with E-state index in [9.17, 15) is 18.0 Å². The molecule has 0 aliphatic rings. The second-order valence-corrected chi connectivity index (χ2v) is 9.50. The number of hydrogen-bond acceptors (Lipinski definition) is 4. The van der Waals surface area contributed by atoms with Crippen molar-refractivity contribution in [3.05, 3.63) is 95.1 Å². The number of amides is 2. The average molecular weight is 452 g/mol. The van der Waals surface area contributed by atoms with E-state index in [0.29, 0.717) is 11.3 Å². The SMILES string of the molecule is Cc1ccc(CN(CC(=O)Nc2ccc(C(N)=O)cc2)S(=O)(=O)c2ccc(C)cc2)cc1. The molecule has 0 radical (unpaired) electrons. The highest BCUT2D eigenvalue weighted by Gasteiger charge is 2.27. The number of rotatable bonds is 8. The molecule has 0 unspecified atom stereocenters. The van der Waals surface area contributed by atoms with Crippen LogP contribution in [0.1, 0.15) is 27.0 Å². The molecular weight excluding hydrogens is 426 g/mol. The molecule has 0 saturated carbocycles. The van der Waals surface area contributed by atoms with Gasteiger partial charge in [-0.1, -0.05) is 47.5 Å². The number of nitrogens with zero attached hydrogens (tertiary/aromatic N) is 1. The Bertz CT molecular complexity index is 1200. The quantitative estimate of drug-likeness (QED) is 0.548. The van der Waals surface area contributed by atoms with Gasteiger partial charge in [0.25, 0.3) is 0 Å². The lowest BCUT2D eigenvalue weighted by molar-refractivity contribution is -0.116. The lowest BCUT2D eigenvalue weighted by Gasteiger charge is -2.22. The summed E-state index contributed by atoms with van der Waals surface area (Å²) in [5.74, 6) is -1.07. The summed E-state index contributed by atoms with van der Waals surface area (Å²) in [4.78, 5) is 24.0. The molecule has 0 aliphatic heterocycles. The number of carbonyl (C=O) groups excluding carboxylic acids is 2. The zero-order chi connectivity index (χ0) is 23.3. The van der Waals surface area contributed by atoms with Gasteiger partial charge in [-0.05, 0) is 55.8 Å². The number of hydrogen-bond donors (Lipinski definition) is 2. The zero-order valence-corrected chi connectivity index (χ0v) is 18.7. The number of anilines is 1. The third-order valence-electron chi connectivity index (χ3n) is 4.91. The van der Waals surface area contributed by atoms with Crippen LogP contribution in [0.5, 0.6) is 0 Å². The van der Waals surface area contributed by atoms with Gasteiger partial charge in [0.2, 0.25) is 21.8 Å². The van der Waals surface area contributed by atoms with Crippen molar-refractivity contribution >= 4 is 27.5 Å². The fourth-order valence-electron chi connectivity index (χ4n) is 3.06. The van der Waals surface area contributed by atoms with Crippen molar-refractivity contribution in [2.24, 2.45) is 5.73 Å². The second-order valence-electron chi connectivity index (χ2n) is 7.56. The maximum absolute atomic E-state index is 13.3. The van der Waals surface area contributed by atoms with E-state index in [0.717, 1.165) is 21.0 Å². The predicted octanol–water partition coefficient (Wildman–Crippen LogP) is 3.23. The number of sulfonamides is 1. The molecule has 7 nitrogen and oxygen atoms in total. The minimum absolute atomic E-state index is 0.0462. The van der Waals surface area contributed by atoms with Crippen LogP contribution in [0, 0.1) is 13.8 Å². The molecule has 2 amide bonds. The van der Waals surface area contributed by atoms with Crippen LogP contribution in [0.2, 0.25) is 0 Å². The van der Waals surface area contributed by atoms with Gasteiger partial charge in [-0.2, -0.15) is 4.31 Å². The maximum atomic E-state index is 13.3. The molecule has 3 rings (SSSR count). The summed E-state index contributed by atoms with van der Waals surface area (Å²) in [7, 11) is -3.92. The highest BCUT2D eigenvalue weighted by Crippen LogP contribution is 2.20. The Labute approximate surface area is 187 Å². The van der Waals surface area contributed by atoms with Crippen molar-refractivity contribution in [3.63, 3.8) is 0 Å². The van der Waals surface area contributed by atoms with Crippen LogP contribution in [0.15, 0.2) is 77.7 Å². The Kier molecular flexibility index (Phi) is 7.07. The molecule has 0 aliphatic carbocycles. The highest BCUT2D eigenvalue weighted by atomic mass is 32.2. The third-order valence-corrected chi connectivity index (χ3v) is 6.72. The summed E-state index contributed by atoms with van der Waals surface area (Å²) in [6.45, 7) is 3.49. The maximum Gasteiger partial charge on any atom is 0.248 e. The number of primary amides is 1. The van der Waals surface area contributed by atoms with Crippen molar-refractivity contribution in [2.45, 2.75) is 25.3 Å². The number of nitrogens with two attached hydrogens (primary N) is 1. The Morgan fingerprint density at radius 3 is 1.91 bits per heavy atom. The highest BCUT2D eigenvalue weighted by molar-refractivity contribution is 7.89. The molecule has 0 heterocycles. The molecule has 0 spiro atoms. The van der Waals surface area contributed by atoms with Gasteiger partial charge in [-0.15, -0.1) is 0 Å². The number of aryl methyl sites for hydroxylation is 2. The Balaban J connectivity index is 1.84. The molecule has 32 heavy (non-hydrogen) atoms. The first kappa shape index (κ1) is 23.2.